The molecular formula is C9H10N2O2. The number of hydrogen-bond donors (Lipinski definition) is 2. The van der Waals surface area contributed by atoms with Gasteiger partial charge in [-0.15, -0.1) is 0 Å². The number of para-hydroxylation sites is 2. The van der Waals surface area contributed by atoms with Crippen molar-refractivity contribution in [3.05, 3.63) is 24.3 Å². The van der Waals surface area contributed by atoms with Gasteiger partial charge in [0.05, 0.1) is 12.2 Å². The molecule has 2 rings (SSSR count). The molecule has 13 heavy (non-hydrogen) atoms. The fraction of sp³-hybridized carbons (Fsp3) is 0.222. The number of hydrogen-bond acceptors (Lipinski definition) is 3. The van der Waals surface area contributed by atoms with Gasteiger partial charge in [-0.2, -0.15) is 0 Å². The van der Waals surface area contributed by atoms with E-state index in [1.807, 2.05) is 24.3 Å². The molecule has 68 valence electrons. The van der Waals surface area contributed by atoms with Crippen LogP contribution < -0.4 is 15.4 Å². The van der Waals surface area contributed by atoms with E-state index in [0.717, 1.165) is 11.4 Å². The van der Waals surface area contributed by atoms with Crippen molar-refractivity contribution in [1.82, 2.24) is 5.32 Å². The monoisotopic (exact) mass is 178 g/mol. The largest absolute Gasteiger partial charge is 0.467 e. The third-order valence-electron chi connectivity index (χ3n) is 1.89. The van der Waals surface area contributed by atoms with Gasteiger partial charge in [0.15, 0.2) is 6.23 Å². The van der Waals surface area contributed by atoms with Gasteiger partial charge in [0.25, 0.3) is 0 Å². The first kappa shape index (κ1) is 7.91. The third-order valence-corrected chi connectivity index (χ3v) is 1.89. The van der Waals surface area contributed by atoms with Crippen molar-refractivity contribution in [2.75, 3.05) is 11.9 Å². The number of benzene rings is 1. The lowest BCUT2D eigenvalue weighted by Crippen LogP contribution is -2.42. The van der Waals surface area contributed by atoms with Gasteiger partial charge in [-0.1, -0.05) is 12.1 Å². The number of amides is 1. The second-order valence-electron chi connectivity index (χ2n) is 2.77. The maximum absolute atomic E-state index is 10.2. The second kappa shape index (κ2) is 3.35. The van der Waals surface area contributed by atoms with Crippen LogP contribution in [-0.4, -0.2) is 19.2 Å². The molecule has 2 N–H and O–H groups in total. The average molecular weight is 178 g/mol. The lowest BCUT2D eigenvalue weighted by atomic mass is 10.2. The van der Waals surface area contributed by atoms with Crippen molar-refractivity contribution in [3.8, 4) is 5.75 Å². The Balaban J connectivity index is 2.15. The van der Waals surface area contributed by atoms with Crippen LogP contribution in [0.3, 0.4) is 0 Å². The fourth-order valence-electron chi connectivity index (χ4n) is 1.28. The first-order valence-corrected chi connectivity index (χ1v) is 4.09. The van der Waals surface area contributed by atoms with E-state index in [1.165, 1.54) is 0 Å². The molecule has 0 aromatic heterocycles. The summed E-state index contributed by atoms with van der Waals surface area (Å²) in [5.41, 5.74) is 0.964. The molecule has 1 aliphatic rings. The average Bonchev–Trinajstić information content (AvgIpc) is 2.18. The minimum absolute atomic E-state index is 0.271. The molecule has 1 atom stereocenters. The summed E-state index contributed by atoms with van der Waals surface area (Å²) < 4.78 is 5.47. The van der Waals surface area contributed by atoms with Crippen LogP contribution in [0.2, 0.25) is 0 Å². The molecule has 0 bridgehead atoms. The fourth-order valence-corrected chi connectivity index (χ4v) is 1.28. The third kappa shape index (κ3) is 1.56. The van der Waals surface area contributed by atoms with Gasteiger partial charge in [-0.05, 0) is 12.1 Å². The minimum atomic E-state index is -0.271. The number of ether oxygens (including phenoxy) is 1. The molecule has 4 nitrogen and oxygen atoms in total. The number of fused-ring (bicyclic) bond motifs is 1. The van der Waals surface area contributed by atoms with E-state index in [4.69, 9.17) is 4.74 Å². The van der Waals surface area contributed by atoms with Gasteiger partial charge in [0.2, 0.25) is 6.41 Å². The predicted octanol–water partition coefficient (Wildman–Crippen LogP) is 0.563. The smallest absolute Gasteiger partial charge is 0.209 e. The zero-order valence-electron chi connectivity index (χ0n) is 6.99. The second-order valence-corrected chi connectivity index (χ2v) is 2.77. The normalized spacial score (nSPS) is 19.2. The Kier molecular flexibility index (Phi) is 2.04. The number of rotatable bonds is 2. The first-order valence-electron chi connectivity index (χ1n) is 4.09. The SMILES string of the molecule is O=CNC1CNc2ccccc2O1. The summed E-state index contributed by atoms with van der Waals surface area (Å²) in [4.78, 5) is 10.2. The first-order chi connectivity index (χ1) is 6.40. The standard InChI is InChI=1S/C9H10N2O2/c12-6-11-9-5-10-7-3-1-2-4-8(7)13-9/h1-4,6,9-10H,5H2,(H,11,12). The maximum atomic E-state index is 10.2. The highest BCUT2D eigenvalue weighted by Gasteiger charge is 2.16. The predicted molar refractivity (Wildman–Crippen MR) is 48.5 cm³/mol. The molecule has 1 unspecified atom stereocenters. The number of carbonyl (C=O) groups excluding carboxylic acids is 1. The lowest BCUT2D eigenvalue weighted by Gasteiger charge is -2.26. The molecule has 4 heteroatoms. The summed E-state index contributed by atoms with van der Waals surface area (Å²) >= 11 is 0. The van der Waals surface area contributed by atoms with E-state index in [0.29, 0.717) is 13.0 Å². The minimum Gasteiger partial charge on any atom is -0.467 e. The van der Waals surface area contributed by atoms with Crippen LogP contribution in [0.5, 0.6) is 5.75 Å². The zero-order valence-corrected chi connectivity index (χ0v) is 6.99. The Bertz CT molecular complexity index is 314. The molecule has 1 aromatic carbocycles. The van der Waals surface area contributed by atoms with Crippen molar-refractivity contribution in [1.29, 1.82) is 0 Å². The van der Waals surface area contributed by atoms with Crippen LogP contribution in [-0.2, 0) is 4.79 Å². The molecule has 0 saturated heterocycles. The van der Waals surface area contributed by atoms with Crippen molar-refractivity contribution >= 4 is 12.1 Å². The van der Waals surface area contributed by atoms with E-state index in [9.17, 15) is 4.79 Å². The Morgan fingerprint density at radius 3 is 3.23 bits per heavy atom. The van der Waals surface area contributed by atoms with Gasteiger partial charge >= 0.3 is 0 Å². The summed E-state index contributed by atoms with van der Waals surface area (Å²) in [5, 5.41) is 5.71. The van der Waals surface area contributed by atoms with Gasteiger partial charge in [0, 0.05) is 0 Å². The molecule has 0 fully saturated rings. The van der Waals surface area contributed by atoms with Gasteiger partial charge in [-0.3, -0.25) is 4.79 Å². The van der Waals surface area contributed by atoms with E-state index < -0.39 is 0 Å². The molecule has 0 radical (unpaired) electrons. The molecule has 0 spiro atoms. The lowest BCUT2D eigenvalue weighted by molar-refractivity contribution is -0.111. The summed E-state index contributed by atoms with van der Waals surface area (Å²) in [6, 6.07) is 7.62. The highest BCUT2D eigenvalue weighted by atomic mass is 16.5. The van der Waals surface area contributed by atoms with Gasteiger partial charge in [0.1, 0.15) is 5.75 Å². The van der Waals surface area contributed by atoms with Crippen LogP contribution in [0.1, 0.15) is 0 Å². The van der Waals surface area contributed by atoms with Crippen molar-refractivity contribution in [2.45, 2.75) is 6.23 Å². The van der Waals surface area contributed by atoms with Crippen molar-refractivity contribution < 1.29 is 9.53 Å². The quantitative estimate of drug-likeness (QED) is 0.651. The van der Waals surface area contributed by atoms with E-state index in [2.05, 4.69) is 10.6 Å². The molecule has 0 saturated carbocycles. The zero-order chi connectivity index (χ0) is 9.10. The molecule has 1 aromatic rings. The molecule has 1 aliphatic heterocycles. The van der Waals surface area contributed by atoms with Gasteiger partial charge < -0.3 is 15.4 Å². The topological polar surface area (TPSA) is 50.4 Å². The summed E-state index contributed by atoms with van der Waals surface area (Å²) in [5.74, 6) is 0.771. The number of carbonyl (C=O) groups is 1. The number of anilines is 1. The molecular weight excluding hydrogens is 168 g/mol. The summed E-state index contributed by atoms with van der Waals surface area (Å²) in [7, 11) is 0. The Labute approximate surface area is 75.9 Å². The highest BCUT2D eigenvalue weighted by Crippen LogP contribution is 2.27. The maximum Gasteiger partial charge on any atom is 0.209 e. The summed E-state index contributed by atoms with van der Waals surface area (Å²) in [6.45, 7) is 0.593. The Hall–Kier alpha value is -1.71. The Morgan fingerprint density at radius 2 is 2.38 bits per heavy atom. The highest BCUT2D eigenvalue weighted by molar-refractivity contribution is 5.58. The van der Waals surface area contributed by atoms with E-state index >= 15 is 0 Å². The van der Waals surface area contributed by atoms with Crippen LogP contribution in [0, 0.1) is 0 Å². The van der Waals surface area contributed by atoms with Crippen LogP contribution in [0.25, 0.3) is 0 Å². The molecule has 0 aliphatic carbocycles. The van der Waals surface area contributed by atoms with E-state index in [1.54, 1.807) is 0 Å². The number of nitrogens with one attached hydrogen (secondary N) is 2. The van der Waals surface area contributed by atoms with E-state index in [-0.39, 0.29) is 6.23 Å². The van der Waals surface area contributed by atoms with Crippen molar-refractivity contribution in [3.63, 3.8) is 0 Å². The van der Waals surface area contributed by atoms with Gasteiger partial charge in [-0.25, -0.2) is 0 Å². The van der Waals surface area contributed by atoms with Crippen LogP contribution in [0.4, 0.5) is 5.69 Å². The van der Waals surface area contributed by atoms with Crippen LogP contribution >= 0.6 is 0 Å². The molecule has 1 heterocycles. The molecule has 1 amide bonds. The Morgan fingerprint density at radius 1 is 1.54 bits per heavy atom. The van der Waals surface area contributed by atoms with Crippen LogP contribution in [0.15, 0.2) is 24.3 Å². The van der Waals surface area contributed by atoms with Crippen molar-refractivity contribution in [2.24, 2.45) is 0 Å². The summed E-state index contributed by atoms with van der Waals surface area (Å²) in [6.07, 6.45) is 0.368.